The number of amides is 1. The summed E-state index contributed by atoms with van der Waals surface area (Å²) in [5, 5.41) is 6.45. The number of nitrogens with zero attached hydrogens (tertiary/aromatic N) is 1. The molecule has 2 aliphatic heterocycles. The van der Waals surface area contributed by atoms with E-state index in [0.29, 0.717) is 11.5 Å². The van der Waals surface area contributed by atoms with Crippen LogP contribution < -0.4 is 10.6 Å². The molecule has 0 bridgehead atoms. The molecule has 0 spiro atoms. The van der Waals surface area contributed by atoms with E-state index in [-0.39, 0.29) is 17.6 Å². The molecule has 1 aromatic rings. The maximum Gasteiger partial charge on any atom is 0.223 e. The van der Waals surface area contributed by atoms with Gasteiger partial charge in [0, 0.05) is 25.6 Å². The molecule has 2 saturated heterocycles. The minimum Gasteiger partial charge on any atom is -0.356 e. The third-order valence-electron chi connectivity index (χ3n) is 5.73. The molecule has 1 amide bonds. The second-order valence-corrected chi connectivity index (χ2v) is 7.64. The van der Waals surface area contributed by atoms with Crippen molar-refractivity contribution >= 4 is 5.91 Å². The van der Waals surface area contributed by atoms with E-state index in [1.165, 1.54) is 0 Å². The van der Waals surface area contributed by atoms with Gasteiger partial charge < -0.3 is 10.6 Å². The molecule has 2 aliphatic rings. The monoisotopic (exact) mass is 347 g/mol. The fourth-order valence-electron chi connectivity index (χ4n) is 3.97. The predicted molar refractivity (Wildman–Crippen MR) is 97.9 cm³/mol. The molecule has 2 heterocycles. The van der Waals surface area contributed by atoms with E-state index in [0.717, 1.165) is 69.7 Å². The van der Waals surface area contributed by atoms with E-state index < -0.39 is 0 Å². The molecule has 0 unspecified atom stereocenters. The number of carbonyl (C=O) groups is 1. The first-order chi connectivity index (χ1) is 12.0. The molecule has 2 fully saturated rings. The Labute approximate surface area is 150 Å². The van der Waals surface area contributed by atoms with Gasteiger partial charge in [-0.2, -0.15) is 0 Å². The molecule has 0 aromatic heterocycles. The zero-order chi connectivity index (χ0) is 17.8. The average Bonchev–Trinajstić information content (AvgIpc) is 3.08. The Morgan fingerprint density at radius 2 is 2.04 bits per heavy atom. The lowest BCUT2D eigenvalue weighted by Crippen LogP contribution is -2.40. The van der Waals surface area contributed by atoms with E-state index in [2.05, 4.69) is 15.5 Å². The second-order valence-electron chi connectivity index (χ2n) is 7.64. The number of hydrogen-bond acceptors (Lipinski definition) is 3. The number of nitrogens with one attached hydrogen (secondary N) is 2. The first kappa shape index (κ1) is 18.3. The van der Waals surface area contributed by atoms with Crippen molar-refractivity contribution < 1.29 is 9.18 Å². The molecule has 1 atom stereocenters. The molecule has 0 radical (unpaired) electrons. The van der Waals surface area contributed by atoms with Crippen LogP contribution in [0.1, 0.15) is 36.0 Å². The number of piperidine rings is 1. The van der Waals surface area contributed by atoms with Gasteiger partial charge in [-0.15, -0.1) is 0 Å². The highest BCUT2D eigenvalue weighted by Crippen LogP contribution is 2.22. The molecular weight excluding hydrogens is 317 g/mol. The maximum absolute atomic E-state index is 14.1. The van der Waals surface area contributed by atoms with Crippen LogP contribution in [0.3, 0.4) is 0 Å². The molecule has 1 aromatic carbocycles. The largest absolute Gasteiger partial charge is 0.356 e. The summed E-state index contributed by atoms with van der Waals surface area (Å²) in [7, 11) is 0. The van der Waals surface area contributed by atoms with Crippen LogP contribution >= 0.6 is 0 Å². The smallest absolute Gasteiger partial charge is 0.223 e. The summed E-state index contributed by atoms with van der Waals surface area (Å²) in [5.74, 6) is 0.817. The lowest BCUT2D eigenvalue weighted by Gasteiger charge is -2.23. The summed E-state index contributed by atoms with van der Waals surface area (Å²) in [4.78, 5) is 14.6. The van der Waals surface area contributed by atoms with Crippen molar-refractivity contribution in [2.45, 2.75) is 39.7 Å². The van der Waals surface area contributed by atoms with E-state index >= 15 is 0 Å². The molecule has 4 nitrogen and oxygen atoms in total. The van der Waals surface area contributed by atoms with Crippen LogP contribution in [0.2, 0.25) is 0 Å². The summed E-state index contributed by atoms with van der Waals surface area (Å²) in [6, 6.07) is 3.91. The minimum absolute atomic E-state index is 0.0810. The molecule has 3 rings (SSSR count). The van der Waals surface area contributed by atoms with Crippen LogP contribution in [0, 0.1) is 31.5 Å². The average molecular weight is 347 g/mol. The Bertz CT molecular complexity index is 613. The fourth-order valence-corrected chi connectivity index (χ4v) is 3.97. The highest BCUT2D eigenvalue weighted by molar-refractivity contribution is 5.78. The van der Waals surface area contributed by atoms with E-state index in [9.17, 15) is 9.18 Å². The number of carbonyl (C=O) groups excluding carboxylic acids is 1. The van der Waals surface area contributed by atoms with Crippen LogP contribution in [0.4, 0.5) is 4.39 Å². The Hall–Kier alpha value is -1.46. The quantitative estimate of drug-likeness (QED) is 0.860. The molecule has 138 valence electrons. The maximum atomic E-state index is 14.1. The van der Waals surface area contributed by atoms with Gasteiger partial charge in [-0.05, 0) is 75.4 Å². The molecule has 5 heteroatoms. The fraction of sp³-hybridized carbons (Fsp3) is 0.650. The summed E-state index contributed by atoms with van der Waals surface area (Å²) in [6.45, 7) is 9.11. The predicted octanol–water partition coefficient (Wildman–Crippen LogP) is 2.38. The van der Waals surface area contributed by atoms with Crippen molar-refractivity contribution in [3.63, 3.8) is 0 Å². The van der Waals surface area contributed by atoms with Gasteiger partial charge in [0.25, 0.3) is 0 Å². The first-order valence-corrected chi connectivity index (χ1v) is 9.50. The summed E-state index contributed by atoms with van der Waals surface area (Å²) < 4.78 is 14.1. The molecule has 25 heavy (non-hydrogen) atoms. The van der Waals surface area contributed by atoms with Gasteiger partial charge in [-0.25, -0.2) is 4.39 Å². The number of rotatable bonds is 5. The van der Waals surface area contributed by atoms with Crippen LogP contribution in [0.15, 0.2) is 12.1 Å². The van der Waals surface area contributed by atoms with Crippen molar-refractivity contribution in [1.29, 1.82) is 0 Å². The van der Waals surface area contributed by atoms with Crippen molar-refractivity contribution in [2.75, 3.05) is 32.7 Å². The second kappa shape index (κ2) is 8.28. The number of likely N-dealkylation sites (tertiary alicyclic amines) is 1. The normalized spacial score (nSPS) is 22.3. The van der Waals surface area contributed by atoms with Gasteiger partial charge in [0.2, 0.25) is 5.91 Å². The van der Waals surface area contributed by atoms with Crippen molar-refractivity contribution in [2.24, 2.45) is 11.8 Å². The number of aryl methyl sites for hydroxylation is 1. The van der Waals surface area contributed by atoms with Crippen LogP contribution in [-0.4, -0.2) is 43.5 Å². The SMILES string of the molecule is Cc1ccc(CN2CC[C@H](CNC(=O)C3CCNCC3)C2)c(C)c1F. The van der Waals surface area contributed by atoms with Crippen molar-refractivity contribution in [3.05, 3.63) is 34.6 Å². The van der Waals surface area contributed by atoms with Gasteiger partial charge in [0.1, 0.15) is 5.82 Å². The zero-order valence-electron chi connectivity index (χ0n) is 15.4. The number of hydrogen-bond donors (Lipinski definition) is 2. The van der Waals surface area contributed by atoms with E-state index in [1.807, 2.05) is 26.0 Å². The molecular formula is C20H30FN3O. The van der Waals surface area contributed by atoms with Gasteiger partial charge in [0.15, 0.2) is 0 Å². The van der Waals surface area contributed by atoms with Crippen LogP contribution in [-0.2, 0) is 11.3 Å². The highest BCUT2D eigenvalue weighted by Gasteiger charge is 2.26. The number of halogens is 1. The molecule has 2 N–H and O–H groups in total. The summed E-state index contributed by atoms with van der Waals surface area (Å²) in [5.41, 5.74) is 2.55. The standard InChI is InChI=1S/C20H30FN3O/c1-14-3-4-18(15(2)19(14)21)13-24-10-7-16(12-24)11-23-20(25)17-5-8-22-9-6-17/h3-4,16-17,22H,5-13H2,1-2H3,(H,23,25)/t16-/m1/s1. The van der Waals surface area contributed by atoms with E-state index in [1.54, 1.807) is 0 Å². The zero-order valence-corrected chi connectivity index (χ0v) is 15.4. The van der Waals surface area contributed by atoms with Crippen LogP contribution in [0.25, 0.3) is 0 Å². The van der Waals surface area contributed by atoms with Crippen LogP contribution in [0.5, 0.6) is 0 Å². The molecule has 0 aliphatic carbocycles. The van der Waals surface area contributed by atoms with Crippen molar-refractivity contribution in [3.8, 4) is 0 Å². The lowest BCUT2D eigenvalue weighted by molar-refractivity contribution is -0.125. The molecule has 0 saturated carbocycles. The van der Waals surface area contributed by atoms with Crippen molar-refractivity contribution in [1.82, 2.24) is 15.5 Å². The Morgan fingerprint density at radius 1 is 1.28 bits per heavy atom. The third-order valence-corrected chi connectivity index (χ3v) is 5.73. The minimum atomic E-state index is -0.0810. The Kier molecular flexibility index (Phi) is 6.07. The lowest BCUT2D eigenvalue weighted by atomic mass is 9.97. The van der Waals surface area contributed by atoms with Gasteiger partial charge in [-0.3, -0.25) is 9.69 Å². The van der Waals surface area contributed by atoms with E-state index in [4.69, 9.17) is 0 Å². The Morgan fingerprint density at radius 3 is 2.80 bits per heavy atom. The van der Waals surface area contributed by atoms with Gasteiger partial charge in [-0.1, -0.05) is 12.1 Å². The first-order valence-electron chi connectivity index (χ1n) is 9.50. The Balaban J connectivity index is 1.46. The summed E-state index contributed by atoms with van der Waals surface area (Å²) in [6.07, 6.45) is 2.99. The highest BCUT2D eigenvalue weighted by atomic mass is 19.1. The topological polar surface area (TPSA) is 44.4 Å². The number of benzene rings is 1. The van der Waals surface area contributed by atoms with Gasteiger partial charge >= 0.3 is 0 Å². The third kappa shape index (κ3) is 4.59. The van der Waals surface area contributed by atoms with Gasteiger partial charge in [0.05, 0.1) is 0 Å². The summed E-state index contributed by atoms with van der Waals surface area (Å²) >= 11 is 0.